The standard InChI is InChI=1S/C17H22N2O5/c1-13(17(22)19-9-11-23-12-10-19)24-15(20)7-8-18-16(21)14-5-3-2-4-6-14/h2-6,13H,7-12H2,1H3,(H,18,21)/t13-/m1/s1. The normalized spacial score (nSPS) is 15.5. The second-order valence-electron chi connectivity index (χ2n) is 5.44. The highest BCUT2D eigenvalue weighted by Gasteiger charge is 2.25. The van der Waals surface area contributed by atoms with Gasteiger partial charge in [0.05, 0.1) is 19.6 Å². The predicted molar refractivity (Wildman–Crippen MR) is 86.3 cm³/mol. The van der Waals surface area contributed by atoms with E-state index in [-0.39, 0.29) is 24.8 Å². The molecule has 1 aromatic rings. The third-order valence-electron chi connectivity index (χ3n) is 3.63. The molecule has 0 unspecified atom stereocenters. The monoisotopic (exact) mass is 334 g/mol. The summed E-state index contributed by atoms with van der Waals surface area (Å²) in [7, 11) is 0. The molecule has 1 saturated heterocycles. The number of nitrogens with zero attached hydrogens (tertiary/aromatic N) is 1. The zero-order valence-electron chi connectivity index (χ0n) is 13.7. The summed E-state index contributed by atoms with van der Waals surface area (Å²) in [5.74, 6) is -0.988. The Kier molecular flexibility index (Phi) is 6.74. The van der Waals surface area contributed by atoms with Gasteiger partial charge in [-0.2, -0.15) is 0 Å². The minimum absolute atomic E-state index is 0.0132. The van der Waals surface area contributed by atoms with Crippen LogP contribution in [-0.4, -0.2) is 61.6 Å². The average Bonchev–Trinajstić information content (AvgIpc) is 2.62. The Hall–Kier alpha value is -2.41. The van der Waals surface area contributed by atoms with E-state index in [1.165, 1.54) is 0 Å². The lowest BCUT2D eigenvalue weighted by atomic mass is 10.2. The fraction of sp³-hybridized carbons (Fsp3) is 0.471. The molecule has 130 valence electrons. The van der Waals surface area contributed by atoms with Gasteiger partial charge in [0.15, 0.2) is 6.10 Å². The van der Waals surface area contributed by atoms with Crippen LogP contribution < -0.4 is 5.32 Å². The molecule has 1 aliphatic rings. The number of carbonyl (C=O) groups is 3. The van der Waals surface area contributed by atoms with Crippen molar-refractivity contribution in [1.82, 2.24) is 10.2 Å². The topological polar surface area (TPSA) is 84.9 Å². The van der Waals surface area contributed by atoms with Gasteiger partial charge < -0.3 is 19.7 Å². The highest BCUT2D eigenvalue weighted by atomic mass is 16.5. The van der Waals surface area contributed by atoms with Crippen LogP contribution >= 0.6 is 0 Å². The third kappa shape index (κ3) is 5.34. The molecule has 1 heterocycles. The number of hydrogen-bond acceptors (Lipinski definition) is 5. The Morgan fingerprint density at radius 1 is 1.21 bits per heavy atom. The summed E-state index contributed by atoms with van der Waals surface area (Å²) in [5, 5.41) is 2.64. The highest BCUT2D eigenvalue weighted by Crippen LogP contribution is 2.04. The van der Waals surface area contributed by atoms with Crippen molar-refractivity contribution in [3.05, 3.63) is 35.9 Å². The Labute approximate surface area is 140 Å². The van der Waals surface area contributed by atoms with Gasteiger partial charge in [0.1, 0.15) is 0 Å². The number of carbonyl (C=O) groups excluding carboxylic acids is 3. The molecule has 1 aromatic carbocycles. The minimum atomic E-state index is -0.833. The molecule has 2 amide bonds. The first-order valence-electron chi connectivity index (χ1n) is 7.97. The number of benzene rings is 1. The lowest BCUT2D eigenvalue weighted by Crippen LogP contribution is -2.46. The first-order valence-corrected chi connectivity index (χ1v) is 7.97. The fourth-order valence-electron chi connectivity index (χ4n) is 2.32. The fourth-order valence-corrected chi connectivity index (χ4v) is 2.32. The van der Waals surface area contributed by atoms with Crippen molar-refractivity contribution in [3.8, 4) is 0 Å². The van der Waals surface area contributed by atoms with Crippen LogP contribution in [0.5, 0.6) is 0 Å². The molecule has 7 nitrogen and oxygen atoms in total. The summed E-state index contributed by atoms with van der Waals surface area (Å²) in [6, 6.07) is 8.73. The Morgan fingerprint density at radius 2 is 1.88 bits per heavy atom. The lowest BCUT2D eigenvalue weighted by Gasteiger charge is -2.28. The maximum absolute atomic E-state index is 12.1. The van der Waals surface area contributed by atoms with E-state index in [1.807, 2.05) is 6.07 Å². The highest BCUT2D eigenvalue weighted by molar-refractivity contribution is 5.94. The zero-order chi connectivity index (χ0) is 17.4. The van der Waals surface area contributed by atoms with Crippen LogP contribution in [0.15, 0.2) is 30.3 Å². The summed E-state index contributed by atoms with van der Waals surface area (Å²) in [4.78, 5) is 37.4. The van der Waals surface area contributed by atoms with E-state index < -0.39 is 12.1 Å². The molecule has 1 atom stereocenters. The summed E-state index contributed by atoms with van der Waals surface area (Å²) in [6.07, 6.45) is -0.820. The molecule has 24 heavy (non-hydrogen) atoms. The Balaban J connectivity index is 1.69. The van der Waals surface area contributed by atoms with Crippen molar-refractivity contribution in [3.63, 3.8) is 0 Å². The average molecular weight is 334 g/mol. The van der Waals surface area contributed by atoms with Crippen LogP contribution in [-0.2, 0) is 19.1 Å². The molecule has 1 fully saturated rings. The van der Waals surface area contributed by atoms with Gasteiger partial charge in [-0.3, -0.25) is 14.4 Å². The van der Waals surface area contributed by atoms with Gasteiger partial charge in [-0.25, -0.2) is 0 Å². The van der Waals surface area contributed by atoms with Crippen LogP contribution in [0.3, 0.4) is 0 Å². The van der Waals surface area contributed by atoms with Gasteiger partial charge in [-0.1, -0.05) is 18.2 Å². The minimum Gasteiger partial charge on any atom is -0.452 e. The molecule has 0 spiro atoms. The predicted octanol–water partition coefficient (Wildman–Crippen LogP) is 0.597. The number of amides is 2. The largest absolute Gasteiger partial charge is 0.452 e. The molecule has 2 rings (SSSR count). The van der Waals surface area contributed by atoms with Crippen LogP contribution in [0.2, 0.25) is 0 Å². The van der Waals surface area contributed by atoms with Crippen LogP contribution in [0.25, 0.3) is 0 Å². The van der Waals surface area contributed by atoms with Gasteiger partial charge in [-0.05, 0) is 19.1 Å². The van der Waals surface area contributed by atoms with Crippen molar-refractivity contribution in [2.75, 3.05) is 32.8 Å². The van der Waals surface area contributed by atoms with E-state index in [2.05, 4.69) is 5.32 Å². The molecule has 1 N–H and O–H groups in total. The van der Waals surface area contributed by atoms with Gasteiger partial charge in [-0.15, -0.1) is 0 Å². The summed E-state index contributed by atoms with van der Waals surface area (Å²) in [6.45, 7) is 3.72. The summed E-state index contributed by atoms with van der Waals surface area (Å²) in [5.41, 5.74) is 0.529. The number of esters is 1. The second-order valence-corrected chi connectivity index (χ2v) is 5.44. The SMILES string of the molecule is C[C@@H](OC(=O)CCNC(=O)c1ccccc1)C(=O)N1CCOCC1. The molecule has 7 heteroatoms. The number of morpholine rings is 1. The van der Waals surface area contributed by atoms with E-state index in [9.17, 15) is 14.4 Å². The molecular formula is C17H22N2O5. The molecular weight excluding hydrogens is 312 g/mol. The third-order valence-corrected chi connectivity index (χ3v) is 3.63. The van der Waals surface area contributed by atoms with E-state index >= 15 is 0 Å². The van der Waals surface area contributed by atoms with Gasteiger partial charge in [0.25, 0.3) is 11.8 Å². The van der Waals surface area contributed by atoms with Crippen molar-refractivity contribution < 1.29 is 23.9 Å². The van der Waals surface area contributed by atoms with Crippen LogP contribution in [0.1, 0.15) is 23.7 Å². The van der Waals surface area contributed by atoms with Crippen molar-refractivity contribution in [1.29, 1.82) is 0 Å². The van der Waals surface area contributed by atoms with Crippen LogP contribution in [0, 0.1) is 0 Å². The first-order chi connectivity index (χ1) is 11.6. The van der Waals surface area contributed by atoms with Gasteiger partial charge >= 0.3 is 5.97 Å². The van der Waals surface area contributed by atoms with Crippen molar-refractivity contribution >= 4 is 17.8 Å². The van der Waals surface area contributed by atoms with E-state index in [0.717, 1.165) is 0 Å². The molecule has 0 aliphatic carbocycles. The zero-order valence-corrected chi connectivity index (χ0v) is 13.7. The van der Waals surface area contributed by atoms with Gasteiger partial charge in [0, 0.05) is 25.2 Å². The lowest BCUT2D eigenvalue weighted by molar-refractivity contribution is -0.160. The van der Waals surface area contributed by atoms with E-state index in [1.54, 1.807) is 36.1 Å². The van der Waals surface area contributed by atoms with Crippen molar-refractivity contribution in [2.24, 2.45) is 0 Å². The molecule has 0 saturated carbocycles. The molecule has 0 radical (unpaired) electrons. The summed E-state index contributed by atoms with van der Waals surface area (Å²) < 4.78 is 10.3. The van der Waals surface area contributed by atoms with Crippen LogP contribution in [0.4, 0.5) is 0 Å². The first kappa shape index (κ1) is 17.9. The smallest absolute Gasteiger partial charge is 0.308 e. The maximum Gasteiger partial charge on any atom is 0.308 e. The van der Waals surface area contributed by atoms with E-state index in [0.29, 0.717) is 31.9 Å². The van der Waals surface area contributed by atoms with E-state index in [4.69, 9.17) is 9.47 Å². The quantitative estimate of drug-likeness (QED) is 0.770. The Bertz CT molecular complexity index is 570. The number of rotatable bonds is 6. The van der Waals surface area contributed by atoms with Gasteiger partial charge in [0.2, 0.25) is 0 Å². The molecule has 1 aliphatic heterocycles. The second kappa shape index (κ2) is 9.02. The number of hydrogen-bond donors (Lipinski definition) is 1. The molecule has 0 bridgehead atoms. The number of ether oxygens (including phenoxy) is 2. The number of nitrogens with one attached hydrogen (secondary N) is 1. The summed E-state index contributed by atoms with van der Waals surface area (Å²) >= 11 is 0. The Morgan fingerprint density at radius 3 is 2.54 bits per heavy atom. The molecule has 0 aromatic heterocycles. The van der Waals surface area contributed by atoms with Crippen molar-refractivity contribution in [2.45, 2.75) is 19.4 Å². The maximum atomic E-state index is 12.1.